The largest absolute Gasteiger partial charge is 0.483 e. The van der Waals surface area contributed by atoms with E-state index >= 15 is 0 Å². The van der Waals surface area contributed by atoms with Crippen LogP contribution >= 0.6 is 56.9 Å². The number of halogens is 2. The van der Waals surface area contributed by atoms with Gasteiger partial charge in [0.2, 0.25) is 0 Å². The van der Waals surface area contributed by atoms with Gasteiger partial charge in [0.25, 0.3) is 0 Å². The van der Waals surface area contributed by atoms with Crippen molar-refractivity contribution in [1.82, 2.24) is 4.90 Å². The number of benzene rings is 1. The van der Waals surface area contributed by atoms with Crippen LogP contribution in [0.4, 0.5) is 0 Å². The maximum atomic E-state index is 12.1. The summed E-state index contributed by atoms with van der Waals surface area (Å²) in [5.74, 6) is 0.147. The molecule has 1 aliphatic heterocycles. The summed E-state index contributed by atoms with van der Waals surface area (Å²) in [5, 5.41) is 0. The third kappa shape index (κ3) is 4.62. The molecule has 0 bridgehead atoms. The number of nitrogens with zero attached hydrogens (tertiary/aromatic N) is 1. The lowest BCUT2D eigenvalue weighted by atomic mass is 10.2. The highest BCUT2D eigenvalue weighted by Crippen LogP contribution is 2.30. The van der Waals surface area contributed by atoms with E-state index in [0.717, 1.165) is 22.0 Å². The number of esters is 1. The Morgan fingerprint density at radius 2 is 2.10 bits per heavy atom. The predicted molar refractivity (Wildman–Crippen MR) is 97.1 cm³/mol. The van der Waals surface area contributed by atoms with Crippen molar-refractivity contribution < 1.29 is 19.1 Å². The van der Waals surface area contributed by atoms with Crippen LogP contribution in [0, 0.1) is 0 Å². The van der Waals surface area contributed by atoms with Gasteiger partial charge >= 0.3 is 11.9 Å². The van der Waals surface area contributed by atoms with E-state index in [2.05, 4.69) is 22.6 Å². The Bertz CT molecular complexity index is 541. The van der Waals surface area contributed by atoms with Crippen LogP contribution in [-0.4, -0.2) is 38.3 Å². The van der Waals surface area contributed by atoms with Crippen molar-refractivity contribution in [2.24, 2.45) is 0 Å². The first-order valence-electron chi connectivity index (χ1n) is 6.12. The van der Waals surface area contributed by atoms with E-state index in [-0.39, 0.29) is 4.61 Å². The molecule has 0 radical (unpaired) electrons. The van der Waals surface area contributed by atoms with Crippen LogP contribution in [0.5, 0.6) is 5.75 Å². The molecule has 0 saturated carbocycles. The molecule has 1 heterocycles. The average molecular weight is 533 g/mol. The van der Waals surface area contributed by atoms with E-state index in [1.807, 2.05) is 40.8 Å². The van der Waals surface area contributed by atoms with Crippen molar-refractivity contribution in [3.05, 3.63) is 23.8 Å². The summed E-state index contributed by atoms with van der Waals surface area (Å²) in [5.41, 5.74) is 0.996. The molecule has 0 spiro atoms. The van der Waals surface area contributed by atoms with Crippen molar-refractivity contribution >= 4 is 68.8 Å². The minimum Gasteiger partial charge on any atom is -0.483 e. The van der Waals surface area contributed by atoms with Gasteiger partial charge in [0.05, 0.1) is 0 Å². The first-order chi connectivity index (χ1) is 10.2. The van der Waals surface area contributed by atoms with Crippen LogP contribution < -0.4 is 4.74 Å². The molecule has 0 saturated heterocycles. The van der Waals surface area contributed by atoms with E-state index in [9.17, 15) is 9.59 Å². The van der Waals surface area contributed by atoms with Gasteiger partial charge < -0.3 is 14.4 Å². The molecule has 0 atom stereocenters. The summed E-state index contributed by atoms with van der Waals surface area (Å²) in [7, 11) is 0. The molecule has 1 aromatic carbocycles. The van der Waals surface area contributed by atoms with Crippen molar-refractivity contribution in [1.29, 1.82) is 0 Å². The van der Waals surface area contributed by atoms with Crippen LogP contribution in [0.25, 0.3) is 0 Å². The molecule has 2 rings (SSSR count). The number of carbonyl (C=O) groups excluding carboxylic acids is 2. The maximum Gasteiger partial charge on any atom is 0.397 e. The van der Waals surface area contributed by atoms with Gasteiger partial charge in [-0.25, -0.2) is 4.79 Å². The summed E-state index contributed by atoms with van der Waals surface area (Å²) in [4.78, 5) is 26.3. The third-order valence-electron chi connectivity index (χ3n) is 2.88. The van der Waals surface area contributed by atoms with Crippen LogP contribution in [0.1, 0.15) is 5.56 Å². The van der Waals surface area contributed by atoms with Crippen molar-refractivity contribution in [2.45, 2.75) is 11.4 Å². The molecular formula is C13H13I2NO4S. The smallest absolute Gasteiger partial charge is 0.397 e. The Morgan fingerprint density at radius 3 is 2.81 bits per heavy atom. The minimum absolute atomic E-state index is 0.176. The van der Waals surface area contributed by atoms with Crippen molar-refractivity contribution in [3.8, 4) is 5.75 Å². The number of rotatable bonds is 3. The van der Waals surface area contributed by atoms with Gasteiger partial charge in [-0.1, -0.05) is 0 Å². The fraction of sp³-hybridized carbons (Fsp3) is 0.385. The first-order valence-corrected chi connectivity index (χ1v) is 10.2. The molecular weight excluding hydrogens is 520 g/mol. The maximum absolute atomic E-state index is 12.1. The lowest BCUT2D eigenvalue weighted by Crippen LogP contribution is -2.37. The highest BCUT2D eigenvalue weighted by atomic mass is 127. The van der Waals surface area contributed by atoms with Crippen LogP contribution in [0.2, 0.25) is 0 Å². The zero-order valence-electron chi connectivity index (χ0n) is 11.0. The molecule has 0 fully saturated rings. The van der Waals surface area contributed by atoms with Gasteiger partial charge in [-0.2, -0.15) is 0 Å². The second-order valence-corrected chi connectivity index (χ2v) is 6.52. The number of thioether (sulfide) groups is 1. The molecule has 8 heteroatoms. The van der Waals surface area contributed by atoms with E-state index in [1.54, 1.807) is 11.8 Å². The molecule has 0 aromatic heterocycles. The van der Waals surface area contributed by atoms with E-state index in [1.165, 1.54) is 4.90 Å². The van der Waals surface area contributed by atoms with E-state index in [4.69, 9.17) is 9.47 Å². The quantitative estimate of drug-likeness (QED) is 0.259. The molecule has 5 nitrogen and oxygen atoms in total. The van der Waals surface area contributed by atoms with Gasteiger partial charge in [0, 0.05) is 23.7 Å². The molecule has 114 valence electrons. The molecule has 1 aromatic rings. The highest BCUT2D eigenvalue weighted by molar-refractivity contribution is 14.1. The van der Waals surface area contributed by atoms with Crippen molar-refractivity contribution in [3.63, 3.8) is 0 Å². The zero-order chi connectivity index (χ0) is 15.2. The Labute approximate surface area is 154 Å². The zero-order valence-corrected chi connectivity index (χ0v) is 16.1. The molecule has 1 aliphatic rings. The van der Waals surface area contributed by atoms with Gasteiger partial charge in [-0.05, 0) is 68.9 Å². The van der Waals surface area contributed by atoms with Crippen molar-refractivity contribution in [2.75, 3.05) is 21.5 Å². The van der Waals surface area contributed by atoms with Gasteiger partial charge in [-0.3, -0.25) is 4.79 Å². The minimum atomic E-state index is -0.794. The number of hydrogen-bond donors (Lipinski definition) is 0. The lowest BCUT2D eigenvalue weighted by molar-refractivity contribution is -0.158. The number of ether oxygens (including phenoxy) is 2. The molecule has 1 amide bonds. The van der Waals surface area contributed by atoms with E-state index < -0.39 is 11.9 Å². The summed E-state index contributed by atoms with van der Waals surface area (Å²) < 4.78 is 11.0. The molecule has 0 unspecified atom stereocenters. The third-order valence-corrected chi connectivity index (χ3v) is 4.60. The highest BCUT2D eigenvalue weighted by Gasteiger charge is 2.26. The number of hydrogen-bond acceptors (Lipinski definition) is 5. The monoisotopic (exact) mass is 533 g/mol. The number of fused-ring (bicyclic) bond motifs is 1. The SMILES string of the molecule is O=C(OCI)C(=O)N1CCSc2ccc(OCI)cc2C1. The Morgan fingerprint density at radius 1 is 1.29 bits per heavy atom. The fourth-order valence-electron chi connectivity index (χ4n) is 1.94. The summed E-state index contributed by atoms with van der Waals surface area (Å²) in [6.07, 6.45) is 0. The summed E-state index contributed by atoms with van der Waals surface area (Å²) in [6.45, 7) is 0.924. The Kier molecular flexibility index (Phi) is 6.86. The topological polar surface area (TPSA) is 55.8 Å². The van der Waals surface area contributed by atoms with E-state index in [0.29, 0.717) is 17.7 Å². The summed E-state index contributed by atoms with van der Waals surface area (Å²) in [6, 6.07) is 5.85. The van der Waals surface area contributed by atoms with Crippen LogP contribution in [0.3, 0.4) is 0 Å². The van der Waals surface area contributed by atoms with Gasteiger partial charge in [0.1, 0.15) is 15.0 Å². The number of alkyl halides is 2. The van der Waals surface area contributed by atoms with Gasteiger partial charge in [0.15, 0.2) is 0 Å². The predicted octanol–water partition coefficient (Wildman–Crippen LogP) is 2.83. The van der Waals surface area contributed by atoms with Gasteiger partial charge in [-0.15, -0.1) is 11.8 Å². The fourth-order valence-corrected chi connectivity index (χ4v) is 3.58. The van der Waals surface area contributed by atoms with Crippen LogP contribution in [0.15, 0.2) is 23.1 Å². The Hall–Kier alpha value is -0.230. The number of amides is 1. The Balaban J connectivity index is 2.17. The average Bonchev–Trinajstić information content (AvgIpc) is 2.68. The molecule has 0 N–H and O–H groups in total. The number of carbonyl (C=O) groups is 2. The second-order valence-electron chi connectivity index (χ2n) is 4.14. The molecule has 21 heavy (non-hydrogen) atoms. The lowest BCUT2D eigenvalue weighted by Gasteiger charge is -2.19. The first kappa shape index (κ1) is 17.1. The standard InChI is InChI=1S/C13H13I2NO4S/c14-7-19-10-1-2-11-9(5-10)6-16(3-4-21-11)12(17)13(18)20-8-15/h1-2,5H,3-4,6-8H2. The summed E-state index contributed by atoms with van der Waals surface area (Å²) >= 11 is 5.70. The normalized spacial score (nSPS) is 14.1. The second kappa shape index (κ2) is 8.42. The van der Waals surface area contributed by atoms with Crippen LogP contribution in [-0.2, 0) is 20.9 Å². The molecule has 0 aliphatic carbocycles.